The molecule has 2 rings (SSSR count). The van der Waals surface area contributed by atoms with Gasteiger partial charge in [-0.3, -0.25) is 4.79 Å². The summed E-state index contributed by atoms with van der Waals surface area (Å²) in [6.07, 6.45) is 0.704. The van der Waals surface area contributed by atoms with Gasteiger partial charge in [0.25, 0.3) is 0 Å². The Morgan fingerprint density at radius 3 is 2.71 bits per heavy atom. The molecule has 0 aromatic heterocycles. The molecule has 1 aromatic rings. The SMILES string of the molecule is CC[Si](C)(C)[C@H]1CC(=O)c2ccc(OC)cc21. The molecule has 1 aliphatic carbocycles. The third-order valence-electron chi connectivity index (χ3n) is 4.18. The molecule has 92 valence electrons. The Balaban J connectivity index is 2.48. The third-order valence-corrected chi connectivity index (χ3v) is 8.40. The van der Waals surface area contributed by atoms with Crippen molar-refractivity contribution in [1.29, 1.82) is 0 Å². The quantitative estimate of drug-likeness (QED) is 0.763. The molecule has 2 nitrogen and oxygen atoms in total. The summed E-state index contributed by atoms with van der Waals surface area (Å²) < 4.78 is 5.27. The molecule has 3 heteroatoms. The highest BCUT2D eigenvalue weighted by Crippen LogP contribution is 2.42. The molecule has 0 fully saturated rings. The van der Waals surface area contributed by atoms with Crippen molar-refractivity contribution in [3.63, 3.8) is 0 Å². The van der Waals surface area contributed by atoms with E-state index in [1.165, 1.54) is 11.6 Å². The lowest BCUT2D eigenvalue weighted by atomic mass is 10.1. The molecule has 0 heterocycles. The van der Waals surface area contributed by atoms with Crippen LogP contribution in [0.15, 0.2) is 18.2 Å². The van der Waals surface area contributed by atoms with E-state index < -0.39 is 8.07 Å². The molecule has 0 amide bonds. The van der Waals surface area contributed by atoms with Gasteiger partial charge >= 0.3 is 0 Å². The van der Waals surface area contributed by atoms with E-state index >= 15 is 0 Å². The van der Waals surface area contributed by atoms with Gasteiger partial charge in [-0.15, -0.1) is 0 Å². The fraction of sp³-hybridized carbons (Fsp3) is 0.500. The summed E-state index contributed by atoms with van der Waals surface area (Å²) in [6, 6.07) is 7.09. The fourth-order valence-electron chi connectivity index (χ4n) is 2.56. The normalized spacial score (nSPS) is 19.3. The number of Topliss-reactive ketones (excluding diaryl/α,β-unsaturated/α-hetero) is 1. The molecule has 0 saturated carbocycles. The minimum atomic E-state index is -1.35. The van der Waals surface area contributed by atoms with Crippen LogP contribution in [0.3, 0.4) is 0 Å². The van der Waals surface area contributed by atoms with Crippen LogP contribution in [-0.4, -0.2) is 21.0 Å². The summed E-state index contributed by atoms with van der Waals surface area (Å²) in [5.74, 6) is 1.17. The lowest BCUT2D eigenvalue weighted by Gasteiger charge is -2.28. The Hall–Kier alpha value is -1.09. The average molecular weight is 248 g/mol. The van der Waals surface area contributed by atoms with Gasteiger partial charge in [-0.25, -0.2) is 0 Å². The number of carbonyl (C=O) groups is 1. The molecule has 0 bridgehead atoms. The van der Waals surface area contributed by atoms with E-state index in [1.54, 1.807) is 7.11 Å². The van der Waals surface area contributed by atoms with Crippen molar-refractivity contribution in [2.24, 2.45) is 0 Å². The summed E-state index contributed by atoms with van der Waals surface area (Å²) in [6.45, 7) is 6.99. The molecule has 0 saturated heterocycles. The van der Waals surface area contributed by atoms with E-state index in [4.69, 9.17) is 4.74 Å². The molecular weight excluding hydrogens is 228 g/mol. The zero-order valence-corrected chi connectivity index (χ0v) is 12.0. The van der Waals surface area contributed by atoms with Gasteiger partial charge in [-0.1, -0.05) is 26.1 Å². The second-order valence-electron chi connectivity index (χ2n) is 5.48. The number of carbonyl (C=O) groups excluding carboxylic acids is 1. The number of hydrogen-bond donors (Lipinski definition) is 0. The maximum Gasteiger partial charge on any atom is 0.163 e. The van der Waals surface area contributed by atoms with Crippen molar-refractivity contribution in [2.75, 3.05) is 7.11 Å². The lowest BCUT2D eigenvalue weighted by molar-refractivity contribution is 0.0993. The average Bonchev–Trinajstić information content (AvgIpc) is 2.67. The van der Waals surface area contributed by atoms with Gasteiger partial charge in [-0.2, -0.15) is 0 Å². The van der Waals surface area contributed by atoms with Crippen LogP contribution < -0.4 is 4.74 Å². The maximum absolute atomic E-state index is 12.0. The summed E-state index contributed by atoms with van der Waals surface area (Å²) in [7, 11) is 0.327. The van der Waals surface area contributed by atoms with Gasteiger partial charge in [0.2, 0.25) is 0 Å². The largest absolute Gasteiger partial charge is 0.497 e. The topological polar surface area (TPSA) is 26.3 Å². The molecule has 17 heavy (non-hydrogen) atoms. The predicted octanol–water partition coefficient (Wildman–Crippen LogP) is 3.63. The number of hydrogen-bond acceptors (Lipinski definition) is 2. The predicted molar refractivity (Wildman–Crippen MR) is 72.6 cm³/mol. The van der Waals surface area contributed by atoms with Crippen molar-refractivity contribution in [3.8, 4) is 5.75 Å². The van der Waals surface area contributed by atoms with Gasteiger partial charge < -0.3 is 4.74 Å². The van der Waals surface area contributed by atoms with Gasteiger partial charge in [0.1, 0.15) is 5.75 Å². The van der Waals surface area contributed by atoms with Crippen LogP contribution in [0.25, 0.3) is 0 Å². The van der Waals surface area contributed by atoms with Crippen LogP contribution in [0.5, 0.6) is 5.75 Å². The summed E-state index contributed by atoms with van der Waals surface area (Å²) >= 11 is 0. The first kappa shape index (κ1) is 12.4. The zero-order valence-electron chi connectivity index (χ0n) is 11.0. The van der Waals surface area contributed by atoms with Crippen molar-refractivity contribution in [2.45, 2.75) is 38.0 Å². The molecule has 1 aliphatic rings. The maximum atomic E-state index is 12.0. The van der Waals surface area contributed by atoms with Crippen LogP contribution in [0, 0.1) is 0 Å². The van der Waals surface area contributed by atoms with Crippen molar-refractivity contribution in [3.05, 3.63) is 29.3 Å². The van der Waals surface area contributed by atoms with E-state index in [0.717, 1.165) is 11.3 Å². The first-order valence-corrected chi connectivity index (χ1v) is 9.49. The number of ketones is 1. The Morgan fingerprint density at radius 1 is 1.41 bits per heavy atom. The molecule has 0 unspecified atom stereocenters. The van der Waals surface area contributed by atoms with E-state index in [2.05, 4.69) is 26.1 Å². The molecule has 0 aliphatic heterocycles. The third kappa shape index (κ3) is 2.04. The summed E-state index contributed by atoms with van der Waals surface area (Å²) in [5, 5.41) is 0. The Morgan fingerprint density at radius 2 is 2.12 bits per heavy atom. The van der Waals surface area contributed by atoms with Crippen LogP contribution in [0.4, 0.5) is 0 Å². The van der Waals surface area contributed by atoms with Crippen LogP contribution >= 0.6 is 0 Å². The number of ether oxygens (including phenoxy) is 1. The molecular formula is C14H20O2Si. The van der Waals surface area contributed by atoms with Crippen LogP contribution in [0.1, 0.15) is 34.8 Å². The summed E-state index contributed by atoms with van der Waals surface area (Å²) in [5.41, 5.74) is 2.61. The van der Waals surface area contributed by atoms with Gasteiger partial charge in [0, 0.05) is 12.0 Å². The lowest BCUT2D eigenvalue weighted by Crippen LogP contribution is -2.32. The highest BCUT2D eigenvalue weighted by molar-refractivity contribution is 6.79. The monoisotopic (exact) mass is 248 g/mol. The van der Waals surface area contributed by atoms with E-state index in [9.17, 15) is 4.79 Å². The van der Waals surface area contributed by atoms with Crippen molar-refractivity contribution in [1.82, 2.24) is 0 Å². The Bertz CT molecular complexity index is 452. The highest BCUT2D eigenvalue weighted by Gasteiger charge is 2.39. The number of fused-ring (bicyclic) bond motifs is 1. The standard InChI is InChI=1S/C14H20O2Si/c1-5-17(3,4)14-9-13(15)11-7-6-10(16-2)8-12(11)14/h6-8,14H,5,9H2,1-4H3/t14-/m0/s1. The minimum Gasteiger partial charge on any atom is -0.497 e. The second kappa shape index (κ2) is 4.30. The molecule has 0 radical (unpaired) electrons. The number of rotatable bonds is 3. The molecule has 1 atom stereocenters. The highest BCUT2D eigenvalue weighted by atomic mass is 28.3. The van der Waals surface area contributed by atoms with E-state index in [1.807, 2.05) is 12.1 Å². The molecule has 1 aromatic carbocycles. The smallest absolute Gasteiger partial charge is 0.163 e. The Labute approximate surface area is 104 Å². The van der Waals surface area contributed by atoms with Gasteiger partial charge in [0.05, 0.1) is 15.2 Å². The van der Waals surface area contributed by atoms with Crippen molar-refractivity contribution >= 4 is 13.9 Å². The Kier molecular flexibility index (Phi) is 3.12. The zero-order chi connectivity index (χ0) is 12.6. The first-order chi connectivity index (χ1) is 7.99. The van der Waals surface area contributed by atoms with E-state index in [-0.39, 0.29) is 0 Å². The summed E-state index contributed by atoms with van der Waals surface area (Å²) in [4.78, 5) is 12.0. The fourth-order valence-corrected chi connectivity index (χ4v) is 4.87. The molecule has 0 N–H and O–H groups in total. The first-order valence-electron chi connectivity index (χ1n) is 6.20. The van der Waals surface area contributed by atoms with Crippen molar-refractivity contribution < 1.29 is 9.53 Å². The number of benzene rings is 1. The van der Waals surface area contributed by atoms with Gasteiger partial charge in [0.15, 0.2) is 5.78 Å². The number of methoxy groups -OCH3 is 1. The van der Waals surface area contributed by atoms with E-state index in [0.29, 0.717) is 17.7 Å². The van der Waals surface area contributed by atoms with Gasteiger partial charge in [-0.05, 0) is 29.3 Å². The van der Waals surface area contributed by atoms with Crippen LogP contribution in [-0.2, 0) is 0 Å². The molecule has 0 spiro atoms. The second-order valence-corrected chi connectivity index (χ2v) is 10.9. The van der Waals surface area contributed by atoms with Crippen LogP contribution in [0.2, 0.25) is 19.1 Å². The minimum absolute atomic E-state index is 0.307.